The summed E-state index contributed by atoms with van der Waals surface area (Å²) in [6.07, 6.45) is 9.78. The van der Waals surface area contributed by atoms with Crippen molar-refractivity contribution in [3.63, 3.8) is 0 Å². The smallest absolute Gasteiger partial charge is 0.267 e. The molecule has 5 rings (SSSR count). The lowest BCUT2D eigenvalue weighted by molar-refractivity contribution is -0.123. The van der Waals surface area contributed by atoms with E-state index in [1.165, 1.54) is 24.6 Å². The summed E-state index contributed by atoms with van der Waals surface area (Å²) in [7, 11) is 0. The van der Waals surface area contributed by atoms with Crippen LogP contribution in [0.1, 0.15) is 49.7 Å². The number of hydrogen-bond donors (Lipinski definition) is 1. The molecule has 1 aliphatic carbocycles. The fraction of sp³-hybridized carbons (Fsp3) is 0.478. The summed E-state index contributed by atoms with van der Waals surface area (Å²) in [5, 5.41) is 3.48. The molecule has 7 nitrogen and oxygen atoms in total. The summed E-state index contributed by atoms with van der Waals surface area (Å²) in [6.45, 7) is 3.13. The lowest BCUT2D eigenvalue weighted by atomic mass is 10.2. The molecule has 2 aromatic rings. The maximum atomic E-state index is 13.5. The van der Waals surface area contributed by atoms with E-state index in [0.717, 1.165) is 37.9 Å². The number of hydrogen-bond acceptors (Lipinski definition) is 7. The van der Waals surface area contributed by atoms with Crippen molar-refractivity contribution in [1.29, 1.82) is 0 Å². The van der Waals surface area contributed by atoms with Gasteiger partial charge in [0.05, 0.1) is 23.1 Å². The third kappa shape index (κ3) is 4.09. The Morgan fingerprint density at radius 1 is 1.28 bits per heavy atom. The van der Waals surface area contributed by atoms with Crippen LogP contribution in [0.5, 0.6) is 0 Å². The Labute approximate surface area is 196 Å². The van der Waals surface area contributed by atoms with Gasteiger partial charge in [-0.1, -0.05) is 42.9 Å². The molecule has 2 aromatic heterocycles. The number of ether oxygens (including phenoxy) is 1. The summed E-state index contributed by atoms with van der Waals surface area (Å²) in [5.74, 6) is 0.372. The van der Waals surface area contributed by atoms with Crippen molar-refractivity contribution in [3.05, 3.63) is 44.7 Å². The maximum Gasteiger partial charge on any atom is 0.267 e. The number of aryl methyl sites for hydroxylation is 1. The number of anilines is 1. The van der Waals surface area contributed by atoms with Crippen LogP contribution in [0.4, 0.5) is 5.82 Å². The molecule has 32 heavy (non-hydrogen) atoms. The number of amides is 1. The van der Waals surface area contributed by atoms with Crippen LogP contribution < -0.4 is 10.9 Å². The highest BCUT2D eigenvalue weighted by Gasteiger charge is 2.35. The van der Waals surface area contributed by atoms with E-state index in [2.05, 4.69) is 5.32 Å². The molecule has 1 N–H and O–H groups in total. The predicted molar refractivity (Wildman–Crippen MR) is 131 cm³/mol. The molecule has 2 saturated heterocycles. The standard InChI is InChI=1S/C23H26N4O3S2/c1-14-6-4-10-26-20(14)25-19(24-15-7-2-3-8-15)17(21(26)28)12-18-22(29)27(23(31)32-18)13-16-9-5-11-30-16/h4,6,10,12,15-16,24H,2-3,5,7-9,11,13H2,1H3/b18-12-. The number of pyridine rings is 1. The Bertz CT molecular complexity index is 1160. The fourth-order valence-electron chi connectivity index (χ4n) is 4.60. The molecule has 1 atom stereocenters. The van der Waals surface area contributed by atoms with E-state index in [9.17, 15) is 9.59 Å². The fourth-order valence-corrected chi connectivity index (χ4v) is 5.85. The predicted octanol–water partition coefficient (Wildman–Crippen LogP) is 3.74. The minimum Gasteiger partial charge on any atom is -0.376 e. The first-order valence-electron chi connectivity index (χ1n) is 11.2. The molecule has 0 bridgehead atoms. The van der Waals surface area contributed by atoms with Crippen LogP contribution in [0.15, 0.2) is 28.0 Å². The molecule has 1 unspecified atom stereocenters. The van der Waals surface area contributed by atoms with Gasteiger partial charge in [0.2, 0.25) is 0 Å². The number of thioether (sulfide) groups is 1. The molecular formula is C23H26N4O3S2. The average Bonchev–Trinajstić information content (AvgIpc) is 3.52. The molecule has 0 aromatic carbocycles. The summed E-state index contributed by atoms with van der Waals surface area (Å²) in [5.41, 5.74) is 1.76. The van der Waals surface area contributed by atoms with E-state index < -0.39 is 0 Å². The highest BCUT2D eigenvalue weighted by molar-refractivity contribution is 8.26. The van der Waals surface area contributed by atoms with E-state index >= 15 is 0 Å². The topological polar surface area (TPSA) is 75.9 Å². The second kappa shape index (κ2) is 8.96. The van der Waals surface area contributed by atoms with Gasteiger partial charge in [-0.15, -0.1) is 0 Å². The molecule has 9 heteroatoms. The lowest BCUT2D eigenvalue weighted by Gasteiger charge is -2.18. The quantitative estimate of drug-likeness (QED) is 0.527. The van der Waals surface area contributed by atoms with Crippen molar-refractivity contribution in [2.24, 2.45) is 0 Å². The lowest BCUT2D eigenvalue weighted by Crippen LogP contribution is -2.35. The zero-order valence-corrected chi connectivity index (χ0v) is 19.6. The van der Waals surface area contributed by atoms with E-state index in [1.54, 1.807) is 21.6 Å². The number of nitrogens with zero attached hydrogens (tertiary/aromatic N) is 3. The number of thiocarbonyl (C=S) groups is 1. The summed E-state index contributed by atoms with van der Waals surface area (Å²) < 4.78 is 7.74. The van der Waals surface area contributed by atoms with E-state index in [0.29, 0.717) is 32.8 Å². The first kappa shape index (κ1) is 21.6. The van der Waals surface area contributed by atoms with Crippen molar-refractivity contribution in [2.75, 3.05) is 18.5 Å². The first-order chi connectivity index (χ1) is 15.5. The third-order valence-corrected chi connectivity index (χ3v) is 7.72. The number of carbonyl (C=O) groups is 1. The highest BCUT2D eigenvalue weighted by Crippen LogP contribution is 2.34. The Balaban J connectivity index is 1.54. The largest absolute Gasteiger partial charge is 0.376 e. The normalized spacial score (nSPS) is 23.2. The van der Waals surface area contributed by atoms with Crippen LogP contribution in [0.25, 0.3) is 11.7 Å². The number of aromatic nitrogens is 2. The summed E-state index contributed by atoms with van der Waals surface area (Å²) >= 11 is 6.72. The van der Waals surface area contributed by atoms with Crippen LogP contribution in [-0.4, -0.2) is 49.8 Å². The summed E-state index contributed by atoms with van der Waals surface area (Å²) in [4.78, 5) is 33.5. The Morgan fingerprint density at radius 3 is 2.84 bits per heavy atom. The maximum absolute atomic E-state index is 13.5. The number of carbonyl (C=O) groups excluding carboxylic acids is 1. The summed E-state index contributed by atoms with van der Waals surface area (Å²) in [6, 6.07) is 4.06. The van der Waals surface area contributed by atoms with Crippen LogP contribution in [0.2, 0.25) is 0 Å². The van der Waals surface area contributed by atoms with E-state index in [1.807, 2.05) is 19.1 Å². The molecule has 168 valence electrons. The van der Waals surface area contributed by atoms with Crippen LogP contribution in [0.3, 0.4) is 0 Å². The van der Waals surface area contributed by atoms with Gasteiger partial charge in [0, 0.05) is 18.8 Å². The van der Waals surface area contributed by atoms with Crippen molar-refractivity contribution in [2.45, 2.75) is 57.6 Å². The average molecular weight is 471 g/mol. The molecule has 4 heterocycles. The monoisotopic (exact) mass is 470 g/mol. The third-order valence-electron chi connectivity index (χ3n) is 6.34. The minimum absolute atomic E-state index is 0.0207. The molecule has 0 radical (unpaired) electrons. The molecule has 3 aliphatic rings. The Kier molecular flexibility index (Phi) is 6.05. The molecule has 2 aliphatic heterocycles. The van der Waals surface area contributed by atoms with Gasteiger partial charge < -0.3 is 10.1 Å². The van der Waals surface area contributed by atoms with Crippen LogP contribution in [0, 0.1) is 6.92 Å². The van der Waals surface area contributed by atoms with Gasteiger partial charge in [-0.25, -0.2) is 4.98 Å². The molecule has 0 spiro atoms. The molecule has 3 fully saturated rings. The van der Waals surface area contributed by atoms with Gasteiger partial charge in [-0.2, -0.15) is 0 Å². The van der Waals surface area contributed by atoms with Gasteiger partial charge in [0.25, 0.3) is 11.5 Å². The zero-order valence-electron chi connectivity index (χ0n) is 18.0. The van der Waals surface area contributed by atoms with Gasteiger partial charge >= 0.3 is 0 Å². The van der Waals surface area contributed by atoms with Crippen molar-refractivity contribution in [1.82, 2.24) is 14.3 Å². The van der Waals surface area contributed by atoms with Crippen LogP contribution >= 0.6 is 24.0 Å². The minimum atomic E-state index is -0.191. The zero-order chi connectivity index (χ0) is 22.2. The SMILES string of the molecule is Cc1cccn2c(=O)c(/C=C3\SC(=S)N(CC4CCCO4)C3=O)c(NC3CCCC3)nc12. The number of fused-ring (bicyclic) bond motifs is 1. The van der Waals surface area contributed by atoms with Crippen LogP contribution in [-0.2, 0) is 9.53 Å². The number of rotatable bonds is 5. The van der Waals surface area contributed by atoms with Gasteiger partial charge in [-0.05, 0) is 50.3 Å². The first-order valence-corrected chi connectivity index (χ1v) is 12.4. The Morgan fingerprint density at radius 2 is 2.09 bits per heavy atom. The van der Waals surface area contributed by atoms with E-state index in [-0.39, 0.29) is 23.6 Å². The van der Waals surface area contributed by atoms with Crippen molar-refractivity contribution >= 4 is 51.7 Å². The second-order valence-corrected chi connectivity index (χ2v) is 10.3. The number of nitrogens with one attached hydrogen (secondary N) is 1. The molecular weight excluding hydrogens is 444 g/mol. The van der Waals surface area contributed by atoms with Crippen molar-refractivity contribution in [3.8, 4) is 0 Å². The second-order valence-electron chi connectivity index (χ2n) is 8.62. The van der Waals surface area contributed by atoms with E-state index in [4.69, 9.17) is 21.9 Å². The highest BCUT2D eigenvalue weighted by atomic mass is 32.2. The van der Waals surface area contributed by atoms with Gasteiger partial charge in [0.1, 0.15) is 15.8 Å². The Hall–Kier alpha value is -2.23. The molecule has 1 amide bonds. The van der Waals surface area contributed by atoms with Crippen molar-refractivity contribution < 1.29 is 9.53 Å². The van der Waals surface area contributed by atoms with Gasteiger partial charge in [0.15, 0.2) is 0 Å². The van der Waals surface area contributed by atoms with Gasteiger partial charge in [-0.3, -0.25) is 18.9 Å². The molecule has 1 saturated carbocycles.